The highest BCUT2D eigenvalue weighted by atomic mass is 79.9. The minimum atomic E-state index is -0.615. The summed E-state index contributed by atoms with van der Waals surface area (Å²) in [5, 5.41) is 0.0354. The Kier molecular flexibility index (Phi) is 4.44. The minimum absolute atomic E-state index is 0.0354. The van der Waals surface area contributed by atoms with E-state index in [9.17, 15) is 9.18 Å². The van der Waals surface area contributed by atoms with Gasteiger partial charge in [-0.05, 0) is 54.9 Å². The van der Waals surface area contributed by atoms with E-state index in [2.05, 4.69) is 15.9 Å². The molecule has 0 N–H and O–H groups in total. The number of carbonyl (C=O) groups is 1. The first kappa shape index (κ1) is 16.0. The molecule has 0 fully saturated rings. The standard InChI is InChI=1S/C15H14BrClFNO2/c1-15(2,3)21-14(20)19-8-10(16)7-13(19)9-4-5-11(17)12(18)6-9/h4-8H,1-3H3. The third kappa shape index (κ3) is 3.86. The summed E-state index contributed by atoms with van der Waals surface area (Å²) in [7, 11) is 0. The van der Waals surface area contributed by atoms with Gasteiger partial charge in [-0.3, -0.25) is 4.57 Å². The molecular weight excluding hydrogens is 361 g/mol. The van der Waals surface area contributed by atoms with Crippen molar-refractivity contribution >= 4 is 33.6 Å². The van der Waals surface area contributed by atoms with E-state index in [1.54, 1.807) is 39.1 Å². The first-order valence-electron chi connectivity index (χ1n) is 6.24. The molecular formula is C15H14BrClFNO2. The van der Waals surface area contributed by atoms with Crippen molar-refractivity contribution in [2.75, 3.05) is 0 Å². The SMILES string of the molecule is CC(C)(C)OC(=O)n1cc(Br)cc1-c1ccc(Cl)c(F)c1. The summed E-state index contributed by atoms with van der Waals surface area (Å²) in [6.07, 6.45) is 1.05. The summed E-state index contributed by atoms with van der Waals surface area (Å²) in [5.74, 6) is -0.540. The van der Waals surface area contributed by atoms with Crippen molar-refractivity contribution in [3.63, 3.8) is 0 Å². The Morgan fingerprint density at radius 1 is 1.33 bits per heavy atom. The van der Waals surface area contributed by atoms with E-state index in [-0.39, 0.29) is 5.02 Å². The first-order chi connectivity index (χ1) is 9.67. The van der Waals surface area contributed by atoms with Crippen LogP contribution >= 0.6 is 27.5 Å². The lowest BCUT2D eigenvalue weighted by molar-refractivity contribution is 0.0540. The Balaban J connectivity index is 2.45. The molecule has 3 nitrogen and oxygen atoms in total. The van der Waals surface area contributed by atoms with Gasteiger partial charge in [0.2, 0.25) is 0 Å². The number of halogens is 3. The molecule has 0 unspecified atom stereocenters. The molecule has 0 aliphatic heterocycles. The van der Waals surface area contributed by atoms with Gasteiger partial charge in [0.1, 0.15) is 11.4 Å². The zero-order valence-electron chi connectivity index (χ0n) is 11.8. The summed E-state index contributed by atoms with van der Waals surface area (Å²) >= 11 is 8.99. The van der Waals surface area contributed by atoms with Gasteiger partial charge in [0, 0.05) is 16.2 Å². The highest BCUT2D eigenvalue weighted by Crippen LogP contribution is 2.28. The van der Waals surface area contributed by atoms with E-state index < -0.39 is 17.5 Å². The number of rotatable bonds is 1. The minimum Gasteiger partial charge on any atom is -0.443 e. The Bertz CT molecular complexity index is 691. The molecule has 0 radical (unpaired) electrons. The number of benzene rings is 1. The molecule has 0 aliphatic rings. The summed E-state index contributed by atoms with van der Waals surface area (Å²) in [5.41, 5.74) is 0.441. The first-order valence-corrected chi connectivity index (χ1v) is 7.41. The quantitative estimate of drug-likeness (QED) is 0.660. The molecule has 0 amide bonds. The number of ether oxygens (including phenoxy) is 1. The number of aromatic nitrogens is 1. The Morgan fingerprint density at radius 2 is 2.00 bits per heavy atom. The van der Waals surface area contributed by atoms with Gasteiger partial charge in [-0.2, -0.15) is 0 Å². The van der Waals surface area contributed by atoms with E-state index in [0.717, 1.165) is 0 Å². The summed E-state index contributed by atoms with van der Waals surface area (Å²) in [4.78, 5) is 12.2. The van der Waals surface area contributed by atoms with Crippen LogP contribution in [-0.2, 0) is 4.74 Å². The van der Waals surface area contributed by atoms with Gasteiger partial charge in [-0.25, -0.2) is 9.18 Å². The van der Waals surface area contributed by atoms with Gasteiger partial charge in [0.05, 0.1) is 10.7 Å². The van der Waals surface area contributed by atoms with Crippen LogP contribution in [0.3, 0.4) is 0 Å². The summed E-state index contributed by atoms with van der Waals surface area (Å²) in [6.45, 7) is 5.35. The fourth-order valence-corrected chi connectivity index (χ4v) is 2.31. The fraction of sp³-hybridized carbons (Fsp3) is 0.267. The van der Waals surface area contributed by atoms with Crippen LogP contribution in [0.25, 0.3) is 11.3 Å². The Labute approximate surface area is 135 Å². The number of nitrogens with zero attached hydrogens (tertiary/aromatic N) is 1. The maximum absolute atomic E-state index is 13.6. The van der Waals surface area contributed by atoms with Gasteiger partial charge in [-0.15, -0.1) is 0 Å². The van der Waals surface area contributed by atoms with Crippen LogP contribution in [0.4, 0.5) is 9.18 Å². The van der Waals surface area contributed by atoms with Gasteiger partial charge >= 0.3 is 6.09 Å². The largest absolute Gasteiger partial charge is 0.443 e. The van der Waals surface area contributed by atoms with Gasteiger partial charge in [0.15, 0.2) is 0 Å². The maximum atomic E-state index is 13.6. The zero-order valence-corrected chi connectivity index (χ0v) is 14.1. The summed E-state index contributed by atoms with van der Waals surface area (Å²) in [6, 6.07) is 6.10. The van der Waals surface area contributed by atoms with Crippen molar-refractivity contribution in [1.82, 2.24) is 4.57 Å². The average molecular weight is 375 g/mol. The monoisotopic (exact) mass is 373 g/mol. The molecule has 21 heavy (non-hydrogen) atoms. The van der Waals surface area contributed by atoms with Crippen molar-refractivity contribution < 1.29 is 13.9 Å². The third-order valence-electron chi connectivity index (χ3n) is 2.59. The Hall–Kier alpha value is -1.33. The van der Waals surface area contributed by atoms with Gasteiger partial charge < -0.3 is 4.74 Å². The molecule has 1 aromatic heterocycles. The van der Waals surface area contributed by atoms with E-state index in [0.29, 0.717) is 15.7 Å². The van der Waals surface area contributed by atoms with Crippen LogP contribution in [0.2, 0.25) is 5.02 Å². The molecule has 6 heteroatoms. The Morgan fingerprint density at radius 3 is 2.57 bits per heavy atom. The van der Waals surface area contributed by atoms with E-state index >= 15 is 0 Å². The second-order valence-electron chi connectivity index (χ2n) is 5.52. The smallest absolute Gasteiger partial charge is 0.419 e. The molecule has 0 atom stereocenters. The second-order valence-corrected chi connectivity index (χ2v) is 6.85. The van der Waals surface area contributed by atoms with Crippen molar-refractivity contribution in [2.24, 2.45) is 0 Å². The number of hydrogen-bond acceptors (Lipinski definition) is 2. The molecule has 1 heterocycles. The maximum Gasteiger partial charge on any atom is 0.419 e. The van der Waals surface area contributed by atoms with Crippen molar-refractivity contribution in [1.29, 1.82) is 0 Å². The molecule has 2 aromatic rings. The molecule has 0 saturated heterocycles. The van der Waals surface area contributed by atoms with Crippen molar-refractivity contribution in [3.8, 4) is 11.3 Å². The predicted molar refractivity (Wildman–Crippen MR) is 84.2 cm³/mol. The number of carbonyl (C=O) groups excluding carboxylic acids is 1. The molecule has 0 aliphatic carbocycles. The van der Waals surface area contributed by atoms with E-state index in [1.807, 2.05) is 0 Å². The zero-order chi connectivity index (χ0) is 15.8. The normalized spacial score (nSPS) is 11.5. The topological polar surface area (TPSA) is 31.2 Å². The van der Waals surface area contributed by atoms with Crippen LogP contribution in [0.1, 0.15) is 20.8 Å². The van der Waals surface area contributed by atoms with E-state index in [4.69, 9.17) is 16.3 Å². The van der Waals surface area contributed by atoms with Crippen molar-refractivity contribution in [3.05, 3.63) is 45.8 Å². The van der Waals surface area contributed by atoms with Crippen molar-refractivity contribution in [2.45, 2.75) is 26.4 Å². The second kappa shape index (κ2) is 5.81. The fourth-order valence-electron chi connectivity index (χ4n) is 1.77. The molecule has 112 valence electrons. The lowest BCUT2D eigenvalue weighted by Gasteiger charge is -2.20. The lowest BCUT2D eigenvalue weighted by atomic mass is 10.1. The van der Waals surface area contributed by atoms with Gasteiger partial charge in [-0.1, -0.05) is 17.7 Å². The van der Waals surface area contributed by atoms with Crippen LogP contribution in [0.15, 0.2) is 34.9 Å². The third-order valence-corrected chi connectivity index (χ3v) is 3.33. The highest BCUT2D eigenvalue weighted by molar-refractivity contribution is 9.10. The predicted octanol–water partition coefficient (Wildman–Crippen LogP) is 5.49. The molecule has 1 aromatic carbocycles. The van der Waals surface area contributed by atoms with E-state index in [1.165, 1.54) is 16.7 Å². The van der Waals surface area contributed by atoms with Crippen LogP contribution < -0.4 is 0 Å². The average Bonchev–Trinajstić information content (AvgIpc) is 2.73. The summed E-state index contributed by atoms with van der Waals surface area (Å²) < 4.78 is 21.0. The molecule has 2 rings (SSSR count). The lowest BCUT2D eigenvalue weighted by Crippen LogP contribution is -2.27. The molecule has 0 spiro atoms. The van der Waals surface area contributed by atoms with Gasteiger partial charge in [0.25, 0.3) is 0 Å². The molecule has 0 saturated carbocycles. The van der Waals surface area contributed by atoms with Crippen LogP contribution in [-0.4, -0.2) is 16.3 Å². The van der Waals surface area contributed by atoms with Crippen LogP contribution in [0, 0.1) is 5.82 Å². The van der Waals surface area contributed by atoms with Crippen LogP contribution in [0.5, 0.6) is 0 Å². The highest BCUT2D eigenvalue weighted by Gasteiger charge is 2.21. The number of hydrogen-bond donors (Lipinski definition) is 0. The molecule has 0 bridgehead atoms.